The highest BCUT2D eigenvalue weighted by Gasteiger charge is 1.87. The van der Waals surface area contributed by atoms with Crippen molar-refractivity contribution >= 4 is 6.08 Å². The molecule has 1 heterocycles. The predicted molar refractivity (Wildman–Crippen MR) is 43.5 cm³/mol. The summed E-state index contributed by atoms with van der Waals surface area (Å²) in [5.41, 5.74) is 0.804. The molecule has 58 valence electrons. The van der Waals surface area contributed by atoms with Gasteiger partial charge in [-0.1, -0.05) is 6.58 Å². The third-order valence-corrected chi connectivity index (χ3v) is 1.22. The van der Waals surface area contributed by atoms with Gasteiger partial charge in [-0.2, -0.15) is 0 Å². The highest BCUT2D eigenvalue weighted by molar-refractivity contribution is 5.41. The van der Waals surface area contributed by atoms with E-state index in [1.807, 2.05) is 24.2 Å². The van der Waals surface area contributed by atoms with Gasteiger partial charge in [0.15, 0.2) is 6.39 Å². The first-order chi connectivity index (χ1) is 5.33. The van der Waals surface area contributed by atoms with Gasteiger partial charge in [0.1, 0.15) is 12.0 Å². The minimum atomic E-state index is 0.804. The molecule has 1 aromatic heterocycles. The summed E-state index contributed by atoms with van der Waals surface area (Å²) in [6, 6.07) is 0. The van der Waals surface area contributed by atoms with Gasteiger partial charge in [0.05, 0.1) is 0 Å². The van der Waals surface area contributed by atoms with Crippen molar-refractivity contribution in [1.82, 2.24) is 9.88 Å². The molecule has 0 saturated carbocycles. The van der Waals surface area contributed by atoms with Crippen LogP contribution in [0, 0.1) is 0 Å². The summed E-state index contributed by atoms with van der Waals surface area (Å²) in [6.07, 6.45) is 8.37. The van der Waals surface area contributed by atoms with E-state index < -0.39 is 0 Å². The molecule has 0 aliphatic rings. The second kappa shape index (κ2) is 3.61. The Hall–Kier alpha value is -1.51. The number of hydrogen-bond donors (Lipinski definition) is 0. The third-order valence-electron chi connectivity index (χ3n) is 1.22. The molecule has 1 rings (SSSR count). The molecule has 0 amide bonds. The normalized spacial score (nSPS) is 10.3. The van der Waals surface area contributed by atoms with Crippen LogP contribution in [0.2, 0.25) is 0 Å². The lowest BCUT2D eigenvalue weighted by Gasteiger charge is -2.03. The van der Waals surface area contributed by atoms with Crippen LogP contribution in [0.4, 0.5) is 0 Å². The molecule has 0 radical (unpaired) electrons. The van der Waals surface area contributed by atoms with Crippen molar-refractivity contribution in [2.75, 3.05) is 7.05 Å². The van der Waals surface area contributed by atoms with Gasteiger partial charge in [0, 0.05) is 13.2 Å². The highest BCUT2D eigenvalue weighted by Crippen LogP contribution is 1.97. The summed E-state index contributed by atoms with van der Waals surface area (Å²) in [5.74, 6) is 0. The number of oxazole rings is 1. The van der Waals surface area contributed by atoms with Gasteiger partial charge in [-0.25, -0.2) is 4.98 Å². The van der Waals surface area contributed by atoms with Crippen molar-refractivity contribution in [3.63, 3.8) is 0 Å². The van der Waals surface area contributed by atoms with Crippen LogP contribution in [0.15, 0.2) is 36.1 Å². The Morgan fingerprint density at radius 3 is 3.09 bits per heavy atom. The largest absolute Gasteiger partial charge is 0.451 e. The molecule has 3 heteroatoms. The fraction of sp³-hybridized carbons (Fsp3) is 0.125. The van der Waals surface area contributed by atoms with Crippen LogP contribution in [0.3, 0.4) is 0 Å². The molecule has 0 N–H and O–H groups in total. The van der Waals surface area contributed by atoms with E-state index >= 15 is 0 Å². The van der Waals surface area contributed by atoms with Gasteiger partial charge in [-0.3, -0.25) is 0 Å². The third kappa shape index (κ3) is 2.29. The van der Waals surface area contributed by atoms with E-state index in [0.29, 0.717) is 0 Å². The number of nitrogens with zero attached hydrogens (tertiary/aromatic N) is 2. The van der Waals surface area contributed by atoms with Crippen molar-refractivity contribution < 1.29 is 4.42 Å². The highest BCUT2D eigenvalue weighted by atomic mass is 16.3. The van der Waals surface area contributed by atoms with Gasteiger partial charge in [-0.05, 0) is 12.3 Å². The van der Waals surface area contributed by atoms with Crippen molar-refractivity contribution in [3.8, 4) is 0 Å². The standard InChI is InChI=1S/C8H10N2O/c1-3-10(2)5-4-8-6-11-7-9-8/h3-7H,1H2,2H3. The number of aromatic nitrogens is 1. The second-order valence-electron chi connectivity index (χ2n) is 2.08. The molecule has 0 aliphatic carbocycles. The summed E-state index contributed by atoms with van der Waals surface area (Å²) in [5, 5.41) is 0. The van der Waals surface area contributed by atoms with Gasteiger partial charge >= 0.3 is 0 Å². The summed E-state index contributed by atoms with van der Waals surface area (Å²) in [6.45, 7) is 3.59. The van der Waals surface area contributed by atoms with Crippen LogP contribution in [-0.2, 0) is 0 Å². The van der Waals surface area contributed by atoms with E-state index in [1.54, 1.807) is 12.5 Å². The Morgan fingerprint density at radius 1 is 1.73 bits per heavy atom. The van der Waals surface area contributed by atoms with Crippen molar-refractivity contribution in [3.05, 3.63) is 37.3 Å². The first-order valence-corrected chi connectivity index (χ1v) is 3.24. The van der Waals surface area contributed by atoms with Crippen LogP contribution in [0.25, 0.3) is 6.08 Å². The molecule has 0 fully saturated rings. The lowest BCUT2D eigenvalue weighted by Crippen LogP contribution is -1.97. The van der Waals surface area contributed by atoms with Gasteiger partial charge in [-0.15, -0.1) is 0 Å². The lowest BCUT2D eigenvalue weighted by atomic mass is 10.4. The lowest BCUT2D eigenvalue weighted by molar-refractivity contribution is 0.557. The topological polar surface area (TPSA) is 29.3 Å². The zero-order valence-electron chi connectivity index (χ0n) is 6.40. The average Bonchev–Trinajstić information content (AvgIpc) is 2.52. The van der Waals surface area contributed by atoms with Crippen LogP contribution >= 0.6 is 0 Å². The Labute approximate surface area is 65.7 Å². The summed E-state index contributed by atoms with van der Waals surface area (Å²) >= 11 is 0. The zero-order valence-corrected chi connectivity index (χ0v) is 6.40. The molecule has 0 spiro atoms. The Morgan fingerprint density at radius 2 is 2.55 bits per heavy atom. The molecular formula is C8H10N2O. The summed E-state index contributed by atoms with van der Waals surface area (Å²) in [7, 11) is 1.89. The van der Waals surface area contributed by atoms with Crippen LogP contribution in [0.5, 0.6) is 0 Å². The van der Waals surface area contributed by atoms with Crippen LogP contribution in [-0.4, -0.2) is 16.9 Å². The van der Waals surface area contributed by atoms with E-state index in [2.05, 4.69) is 11.6 Å². The first-order valence-electron chi connectivity index (χ1n) is 3.24. The monoisotopic (exact) mass is 150 g/mol. The van der Waals surface area contributed by atoms with Crippen molar-refractivity contribution in [2.24, 2.45) is 0 Å². The molecular weight excluding hydrogens is 140 g/mol. The van der Waals surface area contributed by atoms with Gasteiger partial charge in [0.2, 0.25) is 0 Å². The maximum atomic E-state index is 4.77. The fourth-order valence-corrected chi connectivity index (χ4v) is 0.559. The zero-order chi connectivity index (χ0) is 8.10. The Bertz CT molecular complexity index is 239. The molecule has 1 aromatic rings. The Balaban J connectivity index is 2.55. The molecule has 0 bridgehead atoms. The first kappa shape index (κ1) is 7.60. The van der Waals surface area contributed by atoms with Crippen LogP contribution in [0.1, 0.15) is 5.69 Å². The van der Waals surface area contributed by atoms with E-state index in [1.165, 1.54) is 6.39 Å². The molecule has 11 heavy (non-hydrogen) atoms. The van der Waals surface area contributed by atoms with E-state index in [4.69, 9.17) is 4.42 Å². The summed E-state index contributed by atoms with van der Waals surface area (Å²) < 4.78 is 4.77. The number of hydrogen-bond acceptors (Lipinski definition) is 3. The van der Waals surface area contributed by atoms with E-state index in [-0.39, 0.29) is 0 Å². The predicted octanol–water partition coefficient (Wildman–Crippen LogP) is 1.72. The Kier molecular flexibility index (Phi) is 2.49. The minimum absolute atomic E-state index is 0.804. The quantitative estimate of drug-likeness (QED) is 0.657. The van der Waals surface area contributed by atoms with Gasteiger partial charge < -0.3 is 9.32 Å². The average molecular weight is 150 g/mol. The SMILES string of the molecule is C=CN(C)C=Cc1cocn1. The summed E-state index contributed by atoms with van der Waals surface area (Å²) in [4.78, 5) is 5.74. The fourth-order valence-electron chi connectivity index (χ4n) is 0.559. The molecule has 0 unspecified atom stereocenters. The second-order valence-corrected chi connectivity index (χ2v) is 2.08. The maximum Gasteiger partial charge on any atom is 0.181 e. The molecule has 0 saturated heterocycles. The molecule has 0 aromatic carbocycles. The van der Waals surface area contributed by atoms with Crippen molar-refractivity contribution in [1.29, 1.82) is 0 Å². The maximum absolute atomic E-state index is 4.77. The molecule has 0 atom stereocenters. The van der Waals surface area contributed by atoms with Crippen LogP contribution < -0.4 is 0 Å². The van der Waals surface area contributed by atoms with Crippen molar-refractivity contribution in [2.45, 2.75) is 0 Å². The smallest absolute Gasteiger partial charge is 0.181 e. The van der Waals surface area contributed by atoms with Gasteiger partial charge in [0.25, 0.3) is 0 Å². The molecule has 0 aliphatic heterocycles. The minimum Gasteiger partial charge on any atom is -0.451 e. The number of rotatable bonds is 3. The van der Waals surface area contributed by atoms with E-state index in [9.17, 15) is 0 Å². The van der Waals surface area contributed by atoms with E-state index in [0.717, 1.165) is 5.69 Å². The molecule has 3 nitrogen and oxygen atoms in total.